The molecule has 1 saturated carbocycles. The molecule has 5 rings (SSSR count). The number of fused-ring (bicyclic) bond motifs is 1. The lowest BCUT2D eigenvalue weighted by atomic mass is 10.1. The molecular formula is C27H37BrFN5O4. The third kappa shape index (κ3) is 6.15. The summed E-state index contributed by atoms with van der Waals surface area (Å²) in [5.41, 5.74) is -0.255. The third-order valence-corrected chi connectivity index (χ3v) is 8.01. The molecule has 1 atom stereocenters. The highest BCUT2D eigenvalue weighted by molar-refractivity contribution is 9.10. The van der Waals surface area contributed by atoms with Crippen LogP contribution in [0.25, 0.3) is 10.9 Å². The molecule has 208 valence electrons. The van der Waals surface area contributed by atoms with Gasteiger partial charge in [-0.3, -0.25) is 4.90 Å². The molecule has 0 radical (unpaired) electrons. The van der Waals surface area contributed by atoms with Crippen molar-refractivity contribution in [3.63, 3.8) is 0 Å². The van der Waals surface area contributed by atoms with E-state index >= 15 is 4.39 Å². The summed E-state index contributed by atoms with van der Waals surface area (Å²) in [6.45, 7) is 13.9. The summed E-state index contributed by atoms with van der Waals surface area (Å²) < 4.78 is 32.8. The topological polar surface area (TPSA) is 80.3 Å². The maximum Gasteiger partial charge on any atom is 0.410 e. The zero-order chi connectivity index (χ0) is 27.1. The minimum absolute atomic E-state index is 0.0648. The van der Waals surface area contributed by atoms with Crippen LogP contribution in [0, 0.1) is 11.2 Å². The first-order valence-corrected chi connectivity index (χ1v) is 14.2. The smallest absolute Gasteiger partial charge is 0.410 e. The van der Waals surface area contributed by atoms with E-state index < -0.39 is 11.4 Å². The Morgan fingerprint density at radius 3 is 2.58 bits per heavy atom. The zero-order valence-electron chi connectivity index (χ0n) is 22.6. The van der Waals surface area contributed by atoms with E-state index in [2.05, 4.69) is 30.7 Å². The second-order valence-electron chi connectivity index (χ2n) is 11.7. The molecular weight excluding hydrogens is 557 g/mol. The molecule has 0 spiro atoms. The van der Waals surface area contributed by atoms with Gasteiger partial charge in [-0.2, -0.15) is 9.97 Å². The van der Waals surface area contributed by atoms with E-state index in [0.717, 1.165) is 45.7 Å². The van der Waals surface area contributed by atoms with Crippen LogP contribution < -0.4 is 9.64 Å². The Bertz CT molecular complexity index is 1180. The first-order valence-electron chi connectivity index (χ1n) is 13.4. The van der Waals surface area contributed by atoms with E-state index in [4.69, 9.17) is 19.2 Å². The lowest BCUT2D eigenvalue weighted by Gasteiger charge is -2.41. The highest BCUT2D eigenvalue weighted by Crippen LogP contribution is 2.46. The van der Waals surface area contributed by atoms with Crippen molar-refractivity contribution in [2.24, 2.45) is 5.41 Å². The number of morpholine rings is 1. The van der Waals surface area contributed by atoms with Crippen molar-refractivity contribution < 1.29 is 23.4 Å². The Balaban J connectivity index is 1.36. The van der Waals surface area contributed by atoms with Crippen molar-refractivity contribution in [2.45, 2.75) is 52.2 Å². The molecule has 1 amide bonds. The first kappa shape index (κ1) is 27.3. The van der Waals surface area contributed by atoms with Crippen LogP contribution in [0.15, 0.2) is 16.6 Å². The van der Waals surface area contributed by atoms with Gasteiger partial charge in [-0.15, -0.1) is 0 Å². The van der Waals surface area contributed by atoms with E-state index in [1.54, 1.807) is 11.0 Å². The standard InChI is InChI=1S/C27H37BrFN5O4/c1-18-15-33(25(35)38-26(2,3)4)9-10-34(18)23-19-5-6-20(28)21(29)22(19)30-24(31-23)37-17-27(7-8-27)16-32-11-13-36-14-12-32/h5-6,18H,7-17H2,1-4H3/t18-/m1/s1. The van der Waals surface area contributed by atoms with Crippen molar-refractivity contribution in [1.82, 2.24) is 19.8 Å². The van der Waals surface area contributed by atoms with Crippen molar-refractivity contribution in [2.75, 3.05) is 64.0 Å². The minimum Gasteiger partial charge on any atom is -0.463 e. The maximum atomic E-state index is 15.2. The number of aromatic nitrogens is 2. The number of halogens is 2. The van der Waals surface area contributed by atoms with Crippen LogP contribution in [0.3, 0.4) is 0 Å². The van der Waals surface area contributed by atoms with Crippen LogP contribution in [0.5, 0.6) is 6.01 Å². The molecule has 38 heavy (non-hydrogen) atoms. The van der Waals surface area contributed by atoms with Gasteiger partial charge in [0.05, 0.1) is 24.3 Å². The zero-order valence-corrected chi connectivity index (χ0v) is 24.2. The number of ether oxygens (including phenoxy) is 3. The van der Waals surface area contributed by atoms with Gasteiger partial charge < -0.3 is 24.0 Å². The fourth-order valence-electron chi connectivity index (χ4n) is 5.13. The van der Waals surface area contributed by atoms with E-state index in [0.29, 0.717) is 41.9 Å². The summed E-state index contributed by atoms with van der Waals surface area (Å²) in [4.78, 5) is 28.2. The van der Waals surface area contributed by atoms with Crippen LogP contribution in [0.2, 0.25) is 0 Å². The number of anilines is 1. The van der Waals surface area contributed by atoms with Gasteiger partial charge in [0.1, 0.15) is 16.9 Å². The van der Waals surface area contributed by atoms with Gasteiger partial charge in [-0.05, 0) is 68.6 Å². The average molecular weight is 595 g/mol. The third-order valence-electron chi connectivity index (χ3n) is 7.40. The highest BCUT2D eigenvalue weighted by atomic mass is 79.9. The number of carbonyl (C=O) groups excluding carboxylic acids is 1. The normalized spacial score (nSPS) is 22.0. The Morgan fingerprint density at radius 2 is 1.92 bits per heavy atom. The highest BCUT2D eigenvalue weighted by Gasteiger charge is 2.45. The molecule has 11 heteroatoms. The maximum absolute atomic E-state index is 15.2. The summed E-state index contributed by atoms with van der Waals surface area (Å²) in [5, 5.41) is 0.616. The minimum atomic E-state index is -0.557. The number of hydrogen-bond acceptors (Lipinski definition) is 8. The number of carbonyl (C=O) groups is 1. The molecule has 3 heterocycles. The first-order chi connectivity index (χ1) is 18.0. The van der Waals surface area contributed by atoms with Gasteiger partial charge >= 0.3 is 12.1 Å². The number of hydrogen-bond donors (Lipinski definition) is 0. The van der Waals surface area contributed by atoms with E-state index in [-0.39, 0.29) is 29.1 Å². The van der Waals surface area contributed by atoms with E-state index in [1.807, 2.05) is 33.8 Å². The largest absolute Gasteiger partial charge is 0.463 e. The molecule has 2 aliphatic heterocycles. The fourth-order valence-corrected chi connectivity index (χ4v) is 5.45. The Morgan fingerprint density at radius 1 is 1.18 bits per heavy atom. The molecule has 0 unspecified atom stereocenters. The quantitative estimate of drug-likeness (QED) is 0.485. The lowest BCUT2D eigenvalue weighted by molar-refractivity contribution is 0.0218. The predicted molar refractivity (Wildman–Crippen MR) is 146 cm³/mol. The van der Waals surface area contributed by atoms with Crippen LogP contribution in [0.1, 0.15) is 40.5 Å². The monoisotopic (exact) mass is 593 g/mol. The van der Waals surface area contributed by atoms with Crippen LogP contribution in [-0.2, 0) is 9.47 Å². The van der Waals surface area contributed by atoms with Crippen LogP contribution in [-0.4, -0.2) is 96.6 Å². The Labute approximate surface area is 231 Å². The van der Waals surface area contributed by atoms with Crippen molar-refractivity contribution in [3.05, 3.63) is 22.4 Å². The number of rotatable bonds is 6. The number of piperazine rings is 1. The molecule has 1 aromatic carbocycles. The molecule has 1 aromatic heterocycles. The molecule has 0 bridgehead atoms. The van der Waals surface area contributed by atoms with Crippen LogP contribution >= 0.6 is 15.9 Å². The van der Waals surface area contributed by atoms with Gasteiger partial charge in [-0.25, -0.2) is 9.18 Å². The summed E-state index contributed by atoms with van der Waals surface area (Å²) in [6.07, 6.45) is 1.86. The Hall–Kier alpha value is -2.24. The summed E-state index contributed by atoms with van der Waals surface area (Å²) >= 11 is 3.29. The SMILES string of the molecule is C[C@@H]1CN(C(=O)OC(C)(C)C)CCN1c1nc(OCC2(CN3CCOCC3)CC2)nc2c(F)c(Br)ccc12. The van der Waals surface area contributed by atoms with Crippen molar-refractivity contribution in [3.8, 4) is 6.01 Å². The summed E-state index contributed by atoms with van der Waals surface area (Å²) in [6, 6.07) is 3.62. The van der Waals surface area contributed by atoms with E-state index in [1.165, 1.54) is 0 Å². The molecule has 2 aromatic rings. The predicted octanol–water partition coefficient (Wildman–Crippen LogP) is 4.47. The van der Waals surface area contributed by atoms with Gasteiger partial charge in [-0.1, -0.05) is 0 Å². The van der Waals surface area contributed by atoms with Crippen molar-refractivity contribution >= 4 is 38.7 Å². The molecule has 1 aliphatic carbocycles. The molecule has 3 fully saturated rings. The molecule has 2 saturated heterocycles. The number of amides is 1. The second-order valence-corrected chi connectivity index (χ2v) is 12.6. The van der Waals surface area contributed by atoms with Crippen LogP contribution in [0.4, 0.5) is 15.0 Å². The molecule has 0 N–H and O–H groups in total. The number of nitrogens with zero attached hydrogens (tertiary/aromatic N) is 5. The van der Waals surface area contributed by atoms with Gasteiger partial charge in [0, 0.05) is 56.1 Å². The average Bonchev–Trinajstić information content (AvgIpc) is 3.64. The fraction of sp³-hybridized carbons (Fsp3) is 0.667. The second kappa shape index (κ2) is 10.7. The number of benzene rings is 1. The summed E-state index contributed by atoms with van der Waals surface area (Å²) in [7, 11) is 0. The van der Waals surface area contributed by atoms with Gasteiger partial charge in [0.15, 0.2) is 5.82 Å². The van der Waals surface area contributed by atoms with E-state index in [9.17, 15) is 4.79 Å². The molecule has 3 aliphatic rings. The summed E-state index contributed by atoms with van der Waals surface area (Å²) in [5.74, 6) is 0.177. The van der Waals surface area contributed by atoms with Gasteiger partial charge in [0.2, 0.25) is 0 Å². The molecule has 9 nitrogen and oxygen atoms in total. The Kier molecular flexibility index (Phi) is 7.72. The lowest BCUT2D eigenvalue weighted by Crippen LogP contribution is -2.54. The van der Waals surface area contributed by atoms with Crippen molar-refractivity contribution in [1.29, 1.82) is 0 Å². The van der Waals surface area contributed by atoms with Gasteiger partial charge in [0.25, 0.3) is 0 Å².